The van der Waals surface area contributed by atoms with Gasteiger partial charge in [-0.2, -0.15) is 0 Å². The van der Waals surface area contributed by atoms with Crippen molar-refractivity contribution < 1.29 is 0 Å². The molecule has 0 amide bonds. The molecule has 1 N–H and O–H groups in total. The lowest BCUT2D eigenvalue weighted by Gasteiger charge is -2.28. The third kappa shape index (κ3) is 3.70. The van der Waals surface area contributed by atoms with Crippen molar-refractivity contribution in [3.63, 3.8) is 0 Å². The van der Waals surface area contributed by atoms with Crippen molar-refractivity contribution >= 4 is 5.69 Å². The van der Waals surface area contributed by atoms with E-state index in [9.17, 15) is 0 Å². The Morgan fingerprint density at radius 1 is 0.652 bits per heavy atom. The minimum atomic E-state index is 0.137. The van der Waals surface area contributed by atoms with E-state index in [0.29, 0.717) is 0 Å². The highest BCUT2D eigenvalue weighted by molar-refractivity contribution is 5.47. The summed E-state index contributed by atoms with van der Waals surface area (Å²) in [6.45, 7) is 4.09. The van der Waals surface area contributed by atoms with Crippen molar-refractivity contribution in [3.05, 3.63) is 115 Å². The van der Waals surface area contributed by atoms with Crippen LogP contribution in [0.4, 0.5) is 5.69 Å². The molecule has 0 aliphatic heterocycles. The molecule has 0 aliphatic carbocycles. The van der Waals surface area contributed by atoms with Crippen LogP contribution >= 0.6 is 0 Å². The number of rotatable bonds is 6. The number of benzene rings is 3. The van der Waals surface area contributed by atoms with E-state index >= 15 is 0 Å². The van der Waals surface area contributed by atoms with E-state index in [0.717, 1.165) is 5.69 Å². The van der Waals surface area contributed by atoms with Gasteiger partial charge in [-0.3, -0.25) is 0 Å². The maximum atomic E-state index is 4.09. The van der Waals surface area contributed by atoms with Crippen LogP contribution in [0.25, 0.3) is 0 Å². The van der Waals surface area contributed by atoms with Gasteiger partial charge in [0.15, 0.2) is 0 Å². The van der Waals surface area contributed by atoms with Gasteiger partial charge in [-0.25, -0.2) is 0 Å². The average molecular weight is 299 g/mol. The molecule has 2 atom stereocenters. The predicted molar refractivity (Wildman–Crippen MR) is 98.6 cm³/mol. The third-order valence-corrected chi connectivity index (χ3v) is 4.05. The number of anilines is 1. The van der Waals surface area contributed by atoms with Crippen LogP contribution in [0.3, 0.4) is 0 Å². The molecule has 3 rings (SSSR count). The fraction of sp³-hybridized carbons (Fsp3) is 0.0909. The molecule has 23 heavy (non-hydrogen) atoms. The second-order valence-electron chi connectivity index (χ2n) is 5.57. The van der Waals surface area contributed by atoms with Crippen LogP contribution in [-0.2, 0) is 0 Å². The highest BCUT2D eigenvalue weighted by atomic mass is 14.9. The van der Waals surface area contributed by atoms with E-state index in [1.807, 2.05) is 18.2 Å². The van der Waals surface area contributed by atoms with E-state index < -0.39 is 0 Å². The van der Waals surface area contributed by atoms with Crippen molar-refractivity contribution in [2.24, 2.45) is 0 Å². The zero-order valence-electron chi connectivity index (χ0n) is 13.1. The van der Waals surface area contributed by atoms with E-state index in [4.69, 9.17) is 0 Å². The van der Waals surface area contributed by atoms with Gasteiger partial charge >= 0.3 is 0 Å². The van der Waals surface area contributed by atoms with Crippen LogP contribution in [0.5, 0.6) is 0 Å². The van der Waals surface area contributed by atoms with E-state index in [1.165, 1.54) is 11.1 Å². The number of para-hydroxylation sites is 1. The fourth-order valence-corrected chi connectivity index (χ4v) is 2.89. The second kappa shape index (κ2) is 7.46. The van der Waals surface area contributed by atoms with Crippen molar-refractivity contribution in [2.75, 3.05) is 5.32 Å². The van der Waals surface area contributed by atoms with Gasteiger partial charge in [0.25, 0.3) is 0 Å². The summed E-state index contributed by atoms with van der Waals surface area (Å²) in [5.41, 5.74) is 3.63. The minimum absolute atomic E-state index is 0.137. The molecule has 0 aliphatic rings. The monoisotopic (exact) mass is 299 g/mol. The summed E-state index contributed by atoms with van der Waals surface area (Å²) in [6.07, 6.45) is 2.03. The molecule has 0 saturated carbocycles. The van der Waals surface area contributed by atoms with E-state index in [2.05, 4.69) is 90.8 Å². The Labute approximate surface area is 138 Å². The summed E-state index contributed by atoms with van der Waals surface area (Å²) in [6, 6.07) is 31.6. The average Bonchev–Trinajstić information content (AvgIpc) is 2.64. The molecule has 0 heterocycles. The highest BCUT2D eigenvalue weighted by Crippen LogP contribution is 2.34. The topological polar surface area (TPSA) is 12.0 Å². The van der Waals surface area contributed by atoms with Crippen LogP contribution in [0.1, 0.15) is 23.1 Å². The van der Waals surface area contributed by atoms with Gasteiger partial charge < -0.3 is 5.32 Å². The molecule has 1 heteroatoms. The van der Waals surface area contributed by atoms with Gasteiger partial charge in [0.2, 0.25) is 0 Å². The molecule has 3 aromatic carbocycles. The lowest BCUT2D eigenvalue weighted by molar-refractivity contribution is 0.692. The lowest BCUT2D eigenvalue weighted by atomic mass is 9.87. The quantitative estimate of drug-likeness (QED) is 0.566. The Morgan fingerprint density at radius 2 is 1.13 bits per heavy atom. The number of hydrogen-bond donors (Lipinski definition) is 1. The summed E-state index contributed by atoms with van der Waals surface area (Å²) in [7, 11) is 0. The first-order chi connectivity index (χ1) is 11.4. The lowest BCUT2D eigenvalue weighted by Crippen LogP contribution is -2.18. The van der Waals surface area contributed by atoms with Crippen LogP contribution in [0, 0.1) is 0 Å². The van der Waals surface area contributed by atoms with Gasteiger partial charge in [0, 0.05) is 11.6 Å². The van der Waals surface area contributed by atoms with Crippen LogP contribution in [0.15, 0.2) is 104 Å². The maximum Gasteiger partial charge on any atom is 0.0616 e. The predicted octanol–water partition coefficient (Wildman–Crippen LogP) is 5.81. The number of hydrogen-bond acceptors (Lipinski definition) is 1. The molecule has 0 radical (unpaired) electrons. The normalized spacial score (nSPS) is 13.0. The molecular weight excluding hydrogens is 278 g/mol. The van der Waals surface area contributed by atoms with E-state index in [1.54, 1.807) is 0 Å². The van der Waals surface area contributed by atoms with Gasteiger partial charge in [-0.05, 0) is 23.3 Å². The molecule has 1 nitrogen and oxygen atoms in total. The van der Waals surface area contributed by atoms with Crippen molar-refractivity contribution in [2.45, 2.75) is 12.0 Å². The van der Waals surface area contributed by atoms with Gasteiger partial charge in [-0.15, -0.1) is 6.58 Å². The second-order valence-corrected chi connectivity index (χ2v) is 5.57. The molecular formula is C22H21N. The Morgan fingerprint density at radius 3 is 1.65 bits per heavy atom. The summed E-state index contributed by atoms with van der Waals surface area (Å²) < 4.78 is 0. The molecule has 114 valence electrons. The molecule has 0 fully saturated rings. The van der Waals surface area contributed by atoms with Gasteiger partial charge in [0.05, 0.1) is 6.04 Å². The zero-order chi connectivity index (χ0) is 15.9. The summed E-state index contributed by atoms with van der Waals surface area (Å²) in [5, 5.41) is 3.67. The van der Waals surface area contributed by atoms with Crippen molar-refractivity contribution in [3.8, 4) is 0 Å². The van der Waals surface area contributed by atoms with E-state index in [-0.39, 0.29) is 12.0 Å². The molecule has 3 aromatic rings. The van der Waals surface area contributed by atoms with Gasteiger partial charge in [0.1, 0.15) is 0 Å². The fourth-order valence-electron chi connectivity index (χ4n) is 2.89. The molecule has 0 saturated heterocycles. The zero-order valence-corrected chi connectivity index (χ0v) is 13.1. The molecule has 0 aromatic heterocycles. The molecule has 2 unspecified atom stereocenters. The molecule has 0 spiro atoms. The minimum Gasteiger partial charge on any atom is -0.377 e. The van der Waals surface area contributed by atoms with Crippen molar-refractivity contribution in [1.29, 1.82) is 0 Å². The summed E-state index contributed by atoms with van der Waals surface area (Å²) >= 11 is 0. The van der Waals surface area contributed by atoms with Crippen molar-refractivity contribution in [1.82, 2.24) is 0 Å². The smallest absolute Gasteiger partial charge is 0.0616 e. The summed E-state index contributed by atoms with van der Waals surface area (Å²) in [4.78, 5) is 0. The third-order valence-electron chi connectivity index (χ3n) is 4.05. The Bertz CT molecular complexity index is 720. The Hall–Kier alpha value is -2.80. The Kier molecular flexibility index (Phi) is 4.90. The first kappa shape index (κ1) is 15.1. The summed E-state index contributed by atoms with van der Waals surface area (Å²) in [5.74, 6) is 0.193. The van der Waals surface area contributed by atoms with Crippen LogP contribution in [-0.4, -0.2) is 0 Å². The first-order valence-electron chi connectivity index (χ1n) is 7.92. The van der Waals surface area contributed by atoms with Crippen LogP contribution in [0.2, 0.25) is 0 Å². The highest BCUT2D eigenvalue weighted by Gasteiger charge is 2.22. The first-order valence-corrected chi connectivity index (χ1v) is 7.92. The maximum absolute atomic E-state index is 4.09. The standard InChI is InChI=1S/C22H21N/c1-2-21(18-12-6-3-7-13-18)22(19-14-8-4-9-15-19)23-20-16-10-5-11-17-20/h2-17,21-23H,1H2. The molecule has 0 bridgehead atoms. The number of nitrogens with one attached hydrogen (secondary N) is 1. The van der Waals surface area contributed by atoms with Crippen LogP contribution < -0.4 is 5.32 Å². The Balaban J connectivity index is 1.99. The largest absolute Gasteiger partial charge is 0.377 e. The SMILES string of the molecule is C=CC(c1ccccc1)C(Nc1ccccc1)c1ccccc1. The van der Waals surface area contributed by atoms with Gasteiger partial charge in [-0.1, -0.05) is 84.9 Å².